The monoisotopic (exact) mass is 328 g/mol. The van der Waals surface area contributed by atoms with Crippen molar-refractivity contribution in [2.75, 3.05) is 0 Å². The van der Waals surface area contributed by atoms with Gasteiger partial charge in [-0.1, -0.05) is 68.4 Å². The molecule has 3 heteroatoms. The van der Waals surface area contributed by atoms with Crippen LogP contribution >= 0.6 is 0 Å². The second-order valence-electron chi connectivity index (χ2n) is 9.75. The number of rotatable bonds is 1. The van der Waals surface area contributed by atoms with Gasteiger partial charge in [-0.3, -0.25) is 0 Å². The van der Waals surface area contributed by atoms with E-state index in [4.69, 9.17) is 0 Å². The Morgan fingerprint density at radius 1 is 0.696 bits per heavy atom. The Balaban J connectivity index is 3.88. The van der Waals surface area contributed by atoms with Crippen molar-refractivity contribution in [3.63, 3.8) is 0 Å². The highest BCUT2D eigenvalue weighted by Gasteiger charge is 2.39. The number of benzene rings is 1. The molecule has 0 saturated carbocycles. The maximum Gasteiger partial charge on any atom is 0.416 e. The average molecular weight is 328 g/mol. The summed E-state index contributed by atoms with van der Waals surface area (Å²) in [4.78, 5) is 0. The molecule has 0 spiro atoms. The van der Waals surface area contributed by atoms with Crippen LogP contribution in [0.15, 0.2) is 12.1 Å². The van der Waals surface area contributed by atoms with Gasteiger partial charge in [-0.2, -0.15) is 13.2 Å². The van der Waals surface area contributed by atoms with Gasteiger partial charge in [0.1, 0.15) is 0 Å². The molecule has 0 aliphatic rings. The van der Waals surface area contributed by atoms with Crippen molar-refractivity contribution in [3.05, 3.63) is 34.4 Å². The maximum atomic E-state index is 13.6. The Morgan fingerprint density at radius 3 is 1.43 bits per heavy atom. The third kappa shape index (κ3) is 4.99. The van der Waals surface area contributed by atoms with Crippen molar-refractivity contribution in [1.29, 1.82) is 0 Å². The van der Waals surface area contributed by atoms with Gasteiger partial charge < -0.3 is 0 Å². The van der Waals surface area contributed by atoms with E-state index in [1.165, 1.54) is 6.07 Å². The predicted molar refractivity (Wildman–Crippen MR) is 92.0 cm³/mol. The molecule has 0 fully saturated rings. The van der Waals surface area contributed by atoms with Gasteiger partial charge in [-0.15, -0.1) is 0 Å². The third-order valence-corrected chi connectivity index (χ3v) is 3.88. The van der Waals surface area contributed by atoms with Crippen LogP contribution in [-0.2, 0) is 23.4 Å². The highest BCUT2D eigenvalue weighted by molar-refractivity contribution is 5.49. The van der Waals surface area contributed by atoms with Crippen LogP contribution in [0.3, 0.4) is 0 Å². The molecule has 0 saturated heterocycles. The van der Waals surface area contributed by atoms with Gasteiger partial charge in [0.15, 0.2) is 0 Å². The Kier molecular flexibility index (Phi) is 5.08. The highest BCUT2D eigenvalue weighted by Crippen LogP contribution is 2.44. The summed E-state index contributed by atoms with van der Waals surface area (Å²) in [5.74, 6) is 0. The lowest BCUT2D eigenvalue weighted by molar-refractivity contribution is -0.138. The van der Waals surface area contributed by atoms with Crippen molar-refractivity contribution < 1.29 is 13.2 Å². The molecular formula is C20H31F3. The molecule has 1 aromatic carbocycles. The third-order valence-electron chi connectivity index (χ3n) is 3.88. The van der Waals surface area contributed by atoms with Crippen LogP contribution in [0.25, 0.3) is 0 Å². The molecule has 0 bridgehead atoms. The molecule has 0 heterocycles. The van der Waals surface area contributed by atoms with Gasteiger partial charge in [0, 0.05) is 0 Å². The molecule has 0 radical (unpaired) electrons. The van der Waals surface area contributed by atoms with Gasteiger partial charge in [0.05, 0.1) is 5.56 Å². The maximum absolute atomic E-state index is 13.6. The van der Waals surface area contributed by atoms with E-state index in [1.807, 2.05) is 41.5 Å². The lowest BCUT2D eigenvalue weighted by atomic mass is 9.70. The number of hydrogen-bond donors (Lipinski definition) is 0. The van der Waals surface area contributed by atoms with E-state index in [0.29, 0.717) is 12.0 Å². The Morgan fingerprint density at radius 2 is 1.13 bits per heavy atom. The fourth-order valence-corrected chi connectivity index (χ4v) is 3.11. The van der Waals surface area contributed by atoms with Crippen molar-refractivity contribution in [2.45, 2.75) is 85.7 Å². The summed E-state index contributed by atoms with van der Waals surface area (Å²) in [6.45, 7) is 18.2. The smallest absolute Gasteiger partial charge is 0.166 e. The molecule has 1 aromatic rings. The number of halogens is 3. The van der Waals surface area contributed by atoms with Gasteiger partial charge in [0.2, 0.25) is 0 Å². The molecule has 0 unspecified atom stereocenters. The van der Waals surface area contributed by atoms with Crippen molar-refractivity contribution in [3.8, 4) is 0 Å². The van der Waals surface area contributed by atoms with Crippen molar-refractivity contribution >= 4 is 0 Å². The van der Waals surface area contributed by atoms with Gasteiger partial charge in [-0.05, 0) is 45.4 Å². The molecule has 0 nitrogen and oxygen atoms in total. The van der Waals surface area contributed by atoms with E-state index < -0.39 is 11.7 Å². The summed E-state index contributed by atoms with van der Waals surface area (Å²) in [6, 6.07) is 2.95. The van der Waals surface area contributed by atoms with Crippen LogP contribution < -0.4 is 0 Å². The minimum atomic E-state index is -4.32. The molecule has 0 atom stereocenters. The van der Waals surface area contributed by atoms with Gasteiger partial charge in [0.25, 0.3) is 0 Å². The molecular weight excluding hydrogens is 297 g/mol. The molecule has 0 aromatic heterocycles. The minimum absolute atomic E-state index is 0.195. The Labute approximate surface area is 139 Å². The lowest BCUT2D eigenvalue weighted by Gasteiger charge is -2.35. The fraction of sp³-hybridized carbons (Fsp3) is 0.700. The van der Waals surface area contributed by atoms with E-state index in [0.717, 1.165) is 11.1 Å². The highest BCUT2D eigenvalue weighted by atomic mass is 19.4. The summed E-state index contributed by atoms with van der Waals surface area (Å²) in [5.41, 5.74) is 1.10. The first-order valence-corrected chi connectivity index (χ1v) is 8.18. The van der Waals surface area contributed by atoms with E-state index in [2.05, 4.69) is 20.8 Å². The Hall–Kier alpha value is -0.990. The topological polar surface area (TPSA) is 0 Å². The zero-order valence-electron chi connectivity index (χ0n) is 16.0. The zero-order valence-corrected chi connectivity index (χ0v) is 16.0. The first-order valence-electron chi connectivity index (χ1n) is 8.18. The van der Waals surface area contributed by atoms with Gasteiger partial charge in [-0.25, -0.2) is 0 Å². The van der Waals surface area contributed by atoms with Crippen molar-refractivity contribution in [1.82, 2.24) is 0 Å². The molecule has 1 rings (SSSR count). The van der Waals surface area contributed by atoms with Gasteiger partial charge >= 0.3 is 6.18 Å². The second kappa shape index (κ2) is 5.82. The predicted octanol–water partition coefficient (Wildman–Crippen LogP) is 6.89. The molecule has 0 amide bonds. The fourth-order valence-electron chi connectivity index (χ4n) is 3.11. The van der Waals surface area contributed by atoms with E-state index in [9.17, 15) is 13.2 Å². The van der Waals surface area contributed by atoms with E-state index in [-0.39, 0.29) is 16.2 Å². The summed E-state index contributed by atoms with van der Waals surface area (Å²) >= 11 is 0. The second-order valence-corrected chi connectivity index (χ2v) is 9.75. The number of alkyl halides is 3. The summed E-state index contributed by atoms with van der Waals surface area (Å²) in [6.07, 6.45) is -3.91. The summed E-state index contributed by atoms with van der Waals surface area (Å²) in [7, 11) is 0. The molecule has 23 heavy (non-hydrogen) atoms. The van der Waals surface area contributed by atoms with E-state index >= 15 is 0 Å². The lowest BCUT2D eigenvalue weighted by Crippen LogP contribution is -2.28. The van der Waals surface area contributed by atoms with Crippen LogP contribution in [-0.4, -0.2) is 0 Å². The quantitative estimate of drug-likeness (QED) is 0.526. The molecule has 0 aliphatic carbocycles. The zero-order chi connectivity index (χ0) is 18.4. The largest absolute Gasteiger partial charge is 0.416 e. The van der Waals surface area contributed by atoms with Crippen molar-refractivity contribution in [2.24, 2.45) is 5.41 Å². The first-order chi connectivity index (χ1) is 9.94. The van der Waals surface area contributed by atoms with Crippen LogP contribution in [0.1, 0.15) is 84.6 Å². The SMILES string of the molecule is CC(C)(C)Cc1c(C(F)(F)F)ccc(C(C)(C)C)c1C(C)(C)C. The van der Waals surface area contributed by atoms with Crippen LogP contribution in [0, 0.1) is 5.41 Å². The molecule has 132 valence electrons. The van der Waals surface area contributed by atoms with Crippen LogP contribution in [0.4, 0.5) is 13.2 Å². The first kappa shape index (κ1) is 20.1. The molecule has 0 N–H and O–H groups in total. The summed E-state index contributed by atoms with van der Waals surface area (Å²) < 4.78 is 40.9. The average Bonchev–Trinajstić information content (AvgIpc) is 2.21. The van der Waals surface area contributed by atoms with Crippen LogP contribution in [0.5, 0.6) is 0 Å². The normalized spacial score (nSPS) is 14.3. The standard InChI is InChI=1S/C20H31F3/c1-17(2,3)12-13-14(20(21,22)23)10-11-15(18(4,5)6)16(13)19(7,8)9/h10-11H,12H2,1-9H3. The van der Waals surface area contributed by atoms with Crippen LogP contribution in [0.2, 0.25) is 0 Å². The summed E-state index contributed by atoms with van der Waals surface area (Å²) in [5, 5.41) is 0. The Bertz CT molecular complexity index is 559. The van der Waals surface area contributed by atoms with E-state index in [1.54, 1.807) is 6.07 Å². The molecule has 0 aliphatic heterocycles. The minimum Gasteiger partial charge on any atom is -0.166 e. The number of hydrogen-bond acceptors (Lipinski definition) is 0.